The van der Waals surface area contributed by atoms with Crippen LogP contribution in [0.3, 0.4) is 0 Å². The Bertz CT molecular complexity index is 600. The van der Waals surface area contributed by atoms with Crippen LogP contribution in [-0.2, 0) is 6.42 Å². The lowest BCUT2D eigenvalue weighted by atomic mass is 9.87. The molecule has 0 saturated heterocycles. The molecule has 1 unspecified atom stereocenters. The van der Waals surface area contributed by atoms with Crippen LogP contribution in [0.2, 0.25) is 0 Å². The zero-order chi connectivity index (χ0) is 13.2. The number of aromatic nitrogens is 1. The normalized spacial score (nSPS) is 17.8. The smallest absolute Gasteiger partial charge is 0.129 e. The molecule has 0 radical (unpaired) electrons. The zero-order valence-corrected chi connectivity index (χ0v) is 12.0. The standard InChI is InChI=1S/C15H15BrN2O/c16-15-14(5-2-8-17-15)18-13-4-1-3-10-9-11(19)6-7-12(10)13/h2,5-9,13,18-19H,1,3-4H2. The van der Waals surface area contributed by atoms with E-state index in [1.54, 1.807) is 12.3 Å². The largest absolute Gasteiger partial charge is 0.508 e. The molecule has 0 fully saturated rings. The number of aryl methyl sites for hydroxylation is 1. The van der Waals surface area contributed by atoms with Crippen LogP contribution in [0.1, 0.15) is 30.0 Å². The van der Waals surface area contributed by atoms with Gasteiger partial charge in [0.2, 0.25) is 0 Å². The van der Waals surface area contributed by atoms with E-state index in [0.717, 1.165) is 29.6 Å². The van der Waals surface area contributed by atoms with Gasteiger partial charge in [-0.3, -0.25) is 0 Å². The summed E-state index contributed by atoms with van der Waals surface area (Å²) in [6.45, 7) is 0. The number of halogens is 1. The maximum absolute atomic E-state index is 9.57. The quantitative estimate of drug-likeness (QED) is 0.821. The lowest BCUT2D eigenvalue weighted by Gasteiger charge is -2.27. The van der Waals surface area contributed by atoms with Gasteiger partial charge in [0.15, 0.2) is 0 Å². The van der Waals surface area contributed by atoms with Crippen molar-refractivity contribution in [2.24, 2.45) is 0 Å². The number of nitrogens with zero attached hydrogens (tertiary/aromatic N) is 1. The summed E-state index contributed by atoms with van der Waals surface area (Å²) in [6, 6.07) is 9.88. The van der Waals surface area contributed by atoms with E-state index in [-0.39, 0.29) is 6.04 Å². The highest BCUT2D eigenvalue weighted by molar-refractivity contribution is 9.10. The number of aromatic hydroxyl groups is 1. The van der Waals surface area contributed by atoms with Crippen LogP contribution in [0.25, 0.3) is 0 Å². The molecule has 0 saturated carbocycles. The Morgan fingerprint density at radius 1 is 1.32 bits per heavy atom. The van der Waals surface area contributed by atoms with Gasteiger partial charge >= 0.3 is 0 Å². The van der Waals surface area contributed by atoms with Gasteiger partial charge < -0.3 is 10.4 Å². The monoisotopic (exact) mass is 318 g/mol. The third-order valence-corrected chi connectivity index (χ3v) is 4.16. The Kier molecular flexibility index (Phi) is 3.42. The molecule has 4 heteroatoms. The van der Waals surface area contributed by atoms with E-state index < -0.39 is 0 Å². The number of phenols is 1. The number of fused-ring (bicyclic) bond motifs is 1. The molecular formula is C15H15BrN2O. The van der Waals surface area contributed by atoms with Gasteiger partial charge in [-0.2, -0.15) is 0 Å². The van der Waals surface area contributed by atoms with Crippen LogP contribution in [0.15, 0.2) is 41.1 Å². The van der Waals surface area contributed by atoms with Crippen molar-refractivity contribution in [3.8, 4) is 5.75 Å². The fourth-order valence-corrected chi connectivity index (χ4v) is 3.00. The number of phenolic OH excluding ortho intramolecular Hbond substituents is 1. The van der Waals surface area contributed by atoms with Crippen LogP contribution in [-0.4, -0.2) is 10.1 Å². The van der Waals surface area contributed by atoms with E-state index >= 15 is 0 Å². The SMILES string of the molecule is Oc1ccc2c(c1)CCCC2Nc1cccnc1Br. The summed E-state index contributed by atoms with van der Waals surface area (Å²) < 4.78 is 0.834. The number of hydrogen-bond donors (Lipinski definition) is 2. The number of pyridine rings is 1. The summed E-state index contributed by atoms with van der Waals surface area (Å²) in [4.78, 5) is 4.23. The second-order valence-corrected chi connectivity index (χ2v) is 5.57. The number of hydrogen-bond acceptors (Lipinski definition) is 3. The van der Waals surface area contributed by atoms with Crippen molar-refractivity contribution in [1.29, 1.82) is 0 Å². The lowest BCUT2D eigenvalue weighted by molar-refractivity contribution is 0.472. The summed E-state index contributed by atoms with van der Waals surface area (Å²) in [7, 11) is 0. The zero-order valence-electron chi connectivity index (χ0n) is 10.4. The van der Waals surface area contributed by atoms with Crippen LogP contribution < -0.4 is 5.32 Å². The van der Waals surface area contributed by atoms with Gasteiger partial charge in [0.25, 0.3) is 0 Å². The van der Waals surface area contributed by atoms with Crippen molar-refractivity contribution in [2.75, 3.05) is 5.32 Å². The Labute approximate surface area is 120 Å². The molecule has 0 spiro atoms. The minimum Gasteiger partial charge on any atom is -0.508 e. The Morgan fingerprint density at radius 3 is 3.05 bits per heavy atom. The molecule has 0 bridgehead atoms. The molecule has 3 rings (SSSR count). The molecular weight excluding hydrogens is 304 g/mol. The molecule has 1 heterocycles. The first kappa shape index (κ1) is 12.5. The minimum absolute atomic E-state index is 0.282. The van der Waals surface area contributed by atoms with E-state index in [4.69, 9.17) is 0 Å². The second kappa shape index (κ2) is 5.21. The maximum atomic E-state index is 9.57. The summed E-state index contributed by atoms with van der Waals surface area (Å²) >= 11 is 3.46. The fourth-order valence-electron chi connectivity index (χ4n) is 2.63. The second-order valence-electron chi connectivity index (χ2n) is 4.81. The van der Waals surface area contributed by atoms with E-state index in [0.29, 0.717) is 5.75 Å². The van der Waals surface area contributed by atoms with E-state index in [2.05, 4.69) is 26.2 Å². The summed E-state index contributed by atoms with van der Waals surface area (Å²) in [5.74, 6) is 0.349. The average Bonchev–Trinajstić information content (AvgIpc) is 2.41. The predicted molar refractivity (Wildman–Crippen MR) is 79.3 cm³/mol. The summed E-state index contributed by atoms with van der Waals surface area (Å²) in [6.07, 6.45) is 5.03. The highest BCUT2D eigenvalue weighted by Gasteiger charge is 2.20. The maximum Gasteiger partial charge on any atom is 0.129 e. The molecule has 1 aromatic heterocycles. The predicted octanol–water partition coefficient (Wildman–Crippen LogP) is 4.04. The van der Waals surface area contributed by atoms with Crippen LogP contribution in [0, 0.1) is 0 Å². The molecule has 98 valence electrons. The third-order valence-electron chi connectivity index (χ3n) is 3.53. The van der Waals surface area contributed by atoms with Crippen LogP contribution >= 0.6 is 15.9 Å². The van der Waals surface area contributed by atoms with Crippen molar-refractivity contribution in [2.45, 2.75) is 25.3 Å². The minimum atomic E-state index is 0.282. The van der Waals surface area contributed by atoms with E-state index in [9.17, 15) is 5.11 Å². The lowest BCUT2D eigenvalue weighted by Crippen LogP contribution is -2.17. The highest BCUT2D eigenvalue weighted by Crippen LogP contribution is 2.35. The molecule has 0 amide bonds. The fraction of sp³-hybridized carbons (Fsp3) is 0.267. The van der Waals surface area contributed by atoms with Gasteiger partial charge in [-0.15, -0.1) is 0 Å². The molecule has 2 aromatic rings. The Morgan fingerprint density at radius 2 is 2.21 bits per heavy atom. The molecule has 0 aliphatic heterocycles. The van der Waals surface area contributed by atoms with E-state index in [1.165, 1.54) is 11.1 Å². The van der Waals surface area contributed by atoms with E-state index in [1.807, 2.05) is 24.3 Å². The van der Waals surface area contributed by atoms with Gasteiger partial charge in [0.1, 0.15) is 10.4 Å². The Hall–Kier alpha value is -1.55. The van der Waals surface area contributed by atoms with Gasteiger partial charge in [-0.1, -0.05) is 6.07 Å². The van der Waals surface area contributed by atoms with Crippen molar-refractivity contribution < 1.29 is 5.11 Å². The Balaban J connectivity index is 1.90. The van der Waals surface area contributed by atoms with Crippen molar-refractivity contribution in [1.82, 2.24) is 4.98 Å². The molecule has 2 N–H and O–H groups in total. The topological polar surface area (TPSA) is 45.1 Å². The third kappa shape index (κ3) is 2.59. The number of rotatable bonds is 2. The summed E-state index contributed by atoms with van der Waals surface area (Å²) in [5, 5.41) is 13.1. The molecule has 1 aliphatic rings. The molecule has 1 atom stereocenters. The van der Waals surface area contributed by atoms with Crippen LogP contribution in [0.5, 0.6) is 5.75 Å². The van der Waals surface area contributed by atoms with Crippen molar-refractivity contribution in [3.63, 3.8) is 0 Å². The first-order valence-corrected chi connectivity index (χ1v) is 7.22. The number of nitrogens with one attached hydrogen (secondary N) is 1. The number of anilines is 1. The number of benzene rings is 1. The van der Waals surface area contributed by atoms with Gasteiger partial charge in [0, 0.05) is 6.20 Å². The molecule has 19 heavy (non-hydrogen) atoms. The molecule has 1 aliphatic carbocycles. The van der Waals surface area contributed by atoms with Gasteiger partial charge in [-0.05, 0) is 70.6 Å². The average molecular weight is 319 g/mol. The summed E-state index contributed by atoms with van der Waals surface area (Å²) in [5.41, 5.74) is 3.52. The first-order valence-electron chi connectivity index (χ1n) is 6.43. The molecule has 3 nitrogen and oxygen atoms in total. The van der Waals surface area contributed by atoms with Gasteiger partial charge in [0.05, 0.1) is 11.7 Å². The van der Waals surface area contributed by atoms with Crippen LogP contribution in [0.4, 0.5) is 5.69 Å². The van der Waals surface area contributed by atoms with Gasteiger partial charge in [-0.25, -0.2) is 4.98 Å². The van der Waals surface area contributed by atoms with Crippen molar-refractivity contribution >= 4 is 21.6 Å². The van der Waals surface area contributed by atoms with Crippen molar-refractivity contribution in [3.05, 3.63) is 52.3 Å². The molecule has 1 aromatic carbocycles. The first-order chi connectivity index (χ1) is 9.24. The highest BCUT2D eigenvalue weighted by atomic mass is 79.9.